The summed E-state index contributed by atoms with van der Waals surface area (Å²) in [4.78, 5) is 2.59. The van der Waals surface area contributed by atoms with Gasteiger partial charge >= 0.3 is 0 Å². The van der Waals surface area contributed by atoms with Crippen molar-refractivity contribution in [2.24, 2.45) is 5.92 Å². The standard InChI is InChI=1S/C18H30N2O/c1-4-13-21-18-7-5-16(6-8-18)19-17-9-11-20(12-10-17)14-15(2)3/h5-8,15,17,19H,4,9-14H2,1-3H3. The Morgan fingerprint density at radius 2 is 1.86 bits per heavy atom. The van der Waals surface area contributed by atoms with Crippen LogP contribution in [0, 0.1) is 5.92 Å². The fraction of sp³-hybridized carbons (Fsp3) is 0.667. The lowest BCUT2D eigenvalue weighted by Gasteiger charge is -2.33. The monoisotopic (exact) mass is 290 g/mol. The molecular weight excluding hydrogens is 260 g/mol. The number of rotatable bonds is 7. The van der Waals surface area contributed by atoms with Gasteiger partial charge in [-0.3, -0.25) is 0 Å². The summed E-state index contributed by atoms with van der Waals surface area (Å²) in [5.41, 5.74) is 1.21. The van der Waals surface area contributed by atoms with Gasteiger partial charge in [-0.1, -0.05) is 20.8 Å². The molecule has 118 valence electrons. The van der Waals surface area contributed by atoms with E-state index in [1.807, 2.05) is 0 Å². The van der Waals surface area contributed by atoms with Crippen LogP contribution in [0.2, 0.25) is 0 Å². The molecule has 1 fully saturated rings. The third kappa shape index (κ3) is 5.58. The second kappa shape index (κ2) is 8.28. The maximum absolute atomic E-state index is 5.62. The molecule has 1 N–H and O–H groups in total. The van der Waals surface area contributed by atoms with Crippen molar-refractivity contribution in [3.63, 3.8) is 0 Å². The van der Waals surface area contributed by atoms with Gasteiger partial charge in [0.1, 0.15) is 5.75 Å². The quantitative estimate of drug-likeness (QED) is 0.821. The third-order valence-electron chi connectivity index (χ3n) is 3.91. The van der Waals surface area contributed by atoms with Gasteiger partial charge in [0.2, 0.25) is 0 Å². The molecule has 0 aliphatic carbocycles. The Labute approximate surface area is 129 Å². The van der Waals surface area contributed by atoms with Crippen molar-refractivity contribution in [3.8, 4) is 5.75 Å². The Hall–Kier alpha value is -1.22. The van der Waals surface area contributed by atoms with Crippen LogP contribution < -0.4 is 10.1 Å². The molecule has 1 saturated heterocycles. The Morgan fingerprint density at radius 1 is 1.19 bits per heavy atom. The smallest absolute Gasteiger partial charge is 0.119 e. The Bertz CT molecular complexity index is 394. The van der Waals surface area contributed by atoms with E-state index in [9.17, 15) is 0 Å². The highest BCUT2D eigenvalue weighted by Crippen LogP contribution is 2.20. The van der Waals surface area contributed by atoms with E-state index in [1.165, 1.54) is 38.2 Å². The Morgan fingerprint density at radius 3 is 2.43 bits per heavy atom. The normalized spacial score (nSPS) is 17.1. The van der Waals surface area contributed by atoms with Crippen LogP contribution in [0.25, 0.3) is 0 Å². The molecule has 3 nitrogen and oxygen atoms in total. The first-order chi connectivity index (χ1) is 10.2. The lowest BCUT2D eigenvalue weighted by atomic mass is 10.0. The summed E-state index contributed by atoms with van der Waals surface area (Å²) in [6.45, 7) is 11.2. The Kier molecular flexibility index (Phi) is 6.37. The van der Waals surface area contributed by atoms with Crippen molar-refractivity contribution in [2.75, 3.05) is 31.6 Å². The molecule has 0 aromatic heterocycles. The fourth-order valence-corrected chi connectivity index (χ4v) is 2.88. The van der Waals surface area contributed by atoms with Crippen molar-refractivity contribution in [3.05, 3.63) is 24.3 Å². The summed E-state index contributed by atoms with van der Waals surface area (Å²) in [5, 5.41) is 3.66. The average Bonchev–Trinajstić information content (AvgIpc) is 2.48. The summed E-state index contributed by atoms with van der Waals surface area (Å²) in [6.07, 6.45) is 3.52. The van der Waals surface area contributed by atoms with Gasteiger partial charge in [-0.25, -0.2) is 0 Å². The van der Waals surface area contributed by atoms with E-state index in [-0.39, 0.29) is 0 Å². The number of nitrogens with zero attached hydrogens (tertiary/aromatic N) is 1. The molecule has 0 radical (unpaired) electrons. The van der Waals surface area contributed by atoms with Crippen LogP contribution in [0.4, 0.5) is 5.69 Å². The molecule has 1 aliphatic heterocycles. The lowest BCUT2D eigenvalue weighted by molar-refractivity contribution is 0.198. The number of hydrogen-bond acceptors (Lipinski definition) is 3. The number of anilines is 1. The van der Waals surface area contributed by atoms with Crippen LogP contribution in [-0.4, -0.2) is 37.2 Å². The van der Waals surface area contributed by atoms with Gasteiger partial charge in [0.15, 0.2) is 0 Å². The molecule has 1 aromatic rings. The first-order valence-corrected chi connectivity index (χ1v) is 8.39. The highest BCUT2D eigenvalue weighted by Gasteiger charge is 2.19. The van der Waals surface area contributed by atoms with E-state index in [1.54, 1.807) is 0 Å². The van der Waals surface area contributed by atoms with Gasteiger partial charge in [0.25, 0.3) is 0 Å². The van der Waals surface area contributed by atoms with Crippen LogP contribution in [0.5, 0.6) is 5.75 Å². The van der Waals surface area contributed by atoms with E-state index in [0.29, 0.717) is 6.04 Å². The summed E-state index contributed by atoms with van der Waals surface area (Å²) in [7, 11) is 0. The predicted octanol–water partition coefficient (Wildman–Crippen LogP) is 4.01. The van der Waals surface area contributed by atoms with Crippen molar-refractivity contribution >= 4 is 5.69 Å². The summed E-state index contributed by atoms with van der Waals surface area (Å²) in [5.74, 6) is 1.74. The number of hydrogen-bond donors (Lipinski definition) is 1. The lowest BCUT2D eigenvalue weighted by Crippen LogP contribution is -2.40. The van der Waals surface area contributed by atoms with E-state index in [2.05, 4.69) is 55.3 Å². The number of benzene rings is 1. The summed E-state index contributed by atoms with van der Waals surface area (Å²) >= 11 is 0. The SMILES string of the molecule is CCCOc1ccc(NC2CCN(CC(C)C)CC2)cc1. The summed E-state index contributed by atoms with van der Waals surface area (Å²) < 4.78 is 5.62. The third-order valence-corrected chi connectivity index (χ3v) is 3.91. The highest BCUT2D eigenvalue weighted by molar-refractivity contribution is 5.47. The van der Waals surface area contributed by atoms with E-state index >= 15 is 0 Å². The van der Waals surface area contributed by atoms with Crippen molar-refractivity contribution in [2.45, 2.75) is 46.1 Å². The molecule has 0 bridgehead atoms. The second-order valence-electron chi connectivity index (χ2n) is 6.49. The maximum atomic E-state index is 5.62. The maximum Gasteiger partial charge on any atom is 0.119 e. The highest BCUT2D eigenvalue weighted by atomic mass is 16.5. The van der Waals surface area contributed by atoms with E-state index in [0.717, 1.165) is 24.7 Å². The van der Waals surface area contributed by atoms with Crippen LogP contribution in [0.1, 0.15) is 40.0 Å². The number of piperidine rings is 1. The van der Waals surface area contributed by atoms with Crippen LogP contribution >= 0.6 is 0 Å². The molecule has 21 heavy (non-hydrogen) atoms. The van der Waals surface area contributed by atoms with Gasteiger partial charge < -0.3 is 15.0 Å². The molecule has 0 atom stereocenters. The molecule has 0 saturated carbocycles. The minimum absolute atomic E-state index is 0.607. The molecule has 1 heterocycles. The molecule has 1 aromatic carbocycles. The molecular formula is C18H30N2O. The molecule has 0 amide bonds. The molecule has 3 heteroatoms. The molecule has 0 unspecified atom stereocenters. The second-order valence-corrected chi connectivity index (χ2v) is 6.49. The zero-order valence-electron chi connectivity index (χ0n) is 13.8. The minimum Gasteiger partial charge on any atom is -0.494 e. The van der Waals surface area contributed by atoms with Crippen LogP contribution in [0.15, 0.2) is 24.3 Å². The van der Waals surface area contributed by atoms with Gasteiger partial charge in [-0.15, -0.1) is 0 Å². The number of nitrogens with one attached hydrogen (secondary N) is 1. The van der Waals surface area contributed by atoms with Gasteiger partial charge in [-0.2, -0.15) is 0 Å². The summed E-state index contributed by atoms with van der Waals surface area (Å²) in [6, 6.07) is 8.99. The molecule has 2 rings (SSSR count). The molecule has 1 aliphatic rings. The first kappa shape index (κ1) is 16.2. The van der Waals surface area contributed by atoms with Crippen molar-refractivity contribution < 1.29 is 4.74 Å². The topological polar surface area (TPSA) is 24.5 Å². The minimum atomic E-state index is 0.607. The van der Waals surface area contributed by atoms with Gasteiger partial charge in [0.05, 0.1) is 6.61 Å². The first-order valence-electron chi connectivity index (χ1n) is 8.39. The average molecular weight is 290 g/mol. The largest absolute Gasteiger partial charge is 0.494 e. The predicted molar refractivity (Wildman–Crippen MR) is 90.2 cm³/mol. The fourth-order valence-electron chi connectivity index (χ4n) is 2.88. The number of likely N-dealkylation sites (tertiary alicyclic amines) is 1. The van der Waals surface area contributed by atoms with Crippen LogP contribution in [0.3, 0.4) is 0 Å². The zero-order chi connectivity index (χ0) is 15.1. The van der Waals surface area contributed by atoms with Crippen LogP contribution in [-0.2, 0) is 0 Å². The van der Waals surface area contributed by atoms with Crippen molar-refractivity contribution in [1.82, 2.24) is 4.90 Å². The Balaban J connectivity index is 1.75. The van der Waals surface area contributed by atoms with Crippen molar-refractivity contribution in [1.29, 1.82) is 0 Å². The zero-order valence-corrected chi connectivity index (χ0v) is 13.8. The van der Waals surface area contributed by atoms with E-state index < -0.39 is 0 Å². The number of ether oxygens (including phenoxy) is 1. The van der Waals surface area contributed by atoms with Gasteiger partial charge in [0, 0.05) is 31.4 Å². The van der Waals surface area contributed by atoms with E-state index in [4.69, 9.17) is 4.74 Å². The molecule has 0 spiro atoms. The van der Waals surface area contributed by atoms with Gasteiger partial charge in [-0.05, 0) is 49.4 Å².